The largest absolute Gasteiger partial charge is 0.390 e. The van der Waals surface area contributed by atoms with Crippen molar-refractivity contribution in [3.63, 3.8) is 0 Å². The van der Waals surface area contributed by atoms with Crippen LogP contribution in [0, 0.1) is 5.82 Å². The van der Waals surface area contributed by atoms with E-state index in [9.17, 15) is 13.2 Å². The number of benzene rings is 1. The third-order valence-electron chi connectivity index (χ3n) is 3.39. The summed E-state index contributed by atoms with van der Waals surface area (Å²) in [4.78, 5) is 1.62. The van der Waals surface area contributed by atoms with Gasteiger partial charge in [-0.3, -0.25) is 4.90 Å². The lowest BCUT2D eigenvalue weighted by molar-refractivity contribution is -0.118. The third-order valence-corrected chi connectivity index (χ3v) is 3.99. The molecule has 1 aliphatic rings. The number of alkyl halides is 2. The summed E-state index contributed by atoms with van der Waals surface area (Å²) in [6.07, 6.45) is 0. The van der Waals surface area contributed by atoms with Gasteiger partial charge in [0, 0.05) is 26.2 Å². The Morgan fingerprint density at radius 2 is 2.00 bits per heavy atom. The van der Waals surface area contributed by atoms with E-state index >= 15 is 0 Å². The Bertz CT molecular complexity index is 467. The minimum absolute atomic E-state index is 0.142. The minimum atomic E-state index is -3.28. The van der Waals surface area contributed by atoms with E-state index in [2.05, 4.69) is 21.2 Å². The van der Waals surface area contributed by atoms with Gasteiger partial charge >= 0.3 is 0 Å². The van der Waals surface area contributed by atoms with E-state index in [4.69, 9.17) is 5.11 Å². The summed E-state index contributed by atoms with van der Waals surface area (Å²) in [6.45, 7) is 0.891. The second-order valence-corrected chi connectivity index (χ2v) is 5.64. The standard InChI is InChI=1S/C13H16BrF3N2O/c14-10-7-9(1-2-11(10)15)12(13(16,17)8-20)19-5-3-18-4-6-19/h1-2,7,12,18,20H,3-6,8H2/t12-/m0/s1. The molecule has 20 heavy (non-hydrogen) atoms. The van der Waals surface area contributed by atoms with Gasteiger partial charge in [0.2, 0.25) is 0 Å². The predicted molar refractivity (Wildman–Crippen MR) is 73.3 cm³/mol. The minimum Gasteiger partial charge on any atom is -0.390 e. The molecule has 0 radical (unpaired) electrons. The molecule has 0 amide bonds. The first-order valence-electron chi connectivity index (χ1n) is 6.34. The highest BCUT2D eigenvalue weighted by Gasteiger charge is 2.44. The van der Waals surface area contributed by atoms with Crippen molar-refractivity contribution < 1.29 is 18.3 Å². The Morgan fingerprint density at radius 3 is 2.55 bits per heavy atom. The zero-order chi connectivity index (χ0) is 14.8. The molecule has 0 spiro atoms. The molecule has 0 aliphatic carbocycles. The van der Waals surface area contributed by atoms with Crippen LogP contribution in [0.25, 0.3) is 0 Å². The van der Waals surface area contributed by atoms with Crippen molar-refractivity contribution in [2.24, 2.45) is 0 Å². The summed E-state index contributed by atoms with van der Waals surface area (Å²) in [7, 11) is 0. The van der Waals surface area contributed by atoms with Crippen LogP contribution in [0.2, 0.25) is 0 Å². The van der Waals surface area contributed by atoms with Gasteiger partial charge in [-0.05, 0) is 33.6 Å². The lowest BCUT2D eigenvalue weighted by Crippen LogP contribution is -2.51. The number of hydrogen-bond donors (Lipinski definition) is 2. The van der Waals surface area contributed by atoms with Crippen LogP contribution in [0.4, 0.5) is 13.2 Å². The number of nitrogens with one attached hydrogen (secondary N) is 1. The molecule has 0 aromatic heterocycles. The maximum absolute atomic E-state index is 14.1. The van der Waals surface area contributed by atoms with Crippen LogP contribution in [0.15, 0.2) is 22.7 Å². The first-order chi connectivity index (χ1) is 9.45. The lowest BCUT2D eigenvalue weighted by Gasteiger charge is -2.38. The number of nitrogens with zero attached hydrogens (tertiary/aromatic N) is 1. The quantitative estimate of drug-likeness (QED) is 0.871. The van der Waals surface area contributed by atoms with Crippen molar-refractivity contribution in [3.05, 3.63) is 34.1 Å². The molecule has 0 unspecified atom stereocenters. The van der Waals surface area contributed by atoms with Crippen LogP contribution in [-0.4, -0.2) is 48.7 Å². The molecule has 1 atom stereocenters. The molecule has 1 saturated heterocycles. The number of aliphatic hydroxyl groups excluding tert-OH is 1. The van der Waals surface area contributed by atoms with Gasteiger partial charge in [-0.2, -0.15) is 0 Å². The Kier molecular flexibility index (Phi) is 5.06. The first-order valence-corrected chi connectivity index (χ1v) is 7.13. The average Bonchev–Trinajstić information content (AvgIpc) is 2.44. The van der Waals surface area contributed by atoms with Gasteiger partial charge in [0.25, 0.3) is 5.92 Å². The summed E-state index contributed by atoms with van der Waals surface area (Å²) in [5, 5.41) is 12.1. The summed E-state index contributed by atoms with van der Waals surface area (Å²) in [5.74, 6) is -3.78. The second kappa shape index (κ2) is 6.43. The van der Waals surface area contributed by atoms with Crippen LogP contribution >= 0.6 is 15.9 Å². The Hall–Kier alpha value is -0.630. The summed E-state index contributed by atoms with van der Waals surface area (Å²) >= 11 is 3.01. The highest BCUT2D eigenvalue weighted by Crippen LogP contribution is 2.37. The van der Waals surface area contributed by atoms with Crippen molar-refractivity contribution in [1.82, 2.24) is 10.2 Å². The molecule has 112 valence electrons. The molecule has 2 N–H and O–H groups in total. The van der Waals surface area contributed by atoms with Crippen molar-refractivity contribution in [1.29, 1.82) is 0 Å². The second-order valence-electron chi connectivity index (χ2n) is 4.78. The number of hydrogen-bond acceptors (Lipinski definition) is 3. The molecule has 7 heteroatoms. The fourth-order valence-corrected chi connectivity index (χ4v) is 2.83. The van der Waals surface area contributed by atoms with Crippen molar-refractivity contribution in [2.75, 3.05) is 32.8 Å². The third kappa shape index (κ3) is 3.33. The molecule has 3 nitrogen and oxygen atoms in total. The first kappa shape index (κ1) is 15.8. The molecule has 1 fully saturated rings. The fourth-order valence-electron chi connectivity index (χ4n) is 2.43. The summed E-state index contributed by atoms with van der Waals surface area (Å²) in [6, 6.07) is 2.59. The fraction of sp³-hybridized carbons (Fsp3) is 0.538. The Balaban J connectivity index is 2.36. The van der Waals surface area contributed by atoms with E-state index in [1.807, 2.05) is 0 Å². The maximum atomic E-state index is 14.1. The van der Waals surface area contributed by atoms with Crippen LogP contribution in [0.1, 0.15) is 11.6 Å². The summed E-state index contributed by atoms with van der Waals surface area (Å²) < 4.78 is 41.6. The van der Waals surface area contributed by atoms with Crippen LogP contribution in [-0.2, 0) is 0 Å². The van der Waals surface area contributed by atoms with Crippen molar-refractivity contribution >= 4 is 15.9 Å². The molecule has 1 aromatic carbocycles. The number of halogens is 4. The lowest BCUT2D eigenvalue weighted by atomic mass is 9.98. The number of piperazine rings is 1. The zero-order valence-corrected chi connectivity index (χ0v) is 12.3. The van der Waals surface area contributed by atoms with E-state index < -0.39 is 24.4 Å². The van der Waals surface area contributed by atoms with E-state index in [0.29, 0.717) is 31.7 Å². The molecule has 2 rings (SSSR count). The van der Waals surface area contributed by atoms with Gasteiger partial charge in [0.05, 0.1) is 4.47 Å². The zero-order valence-electron chi connectivity index (χ0n) is 10.8. The Morgan fingerprint density at radius 1 is 1.35 bits per heavy atom. The molecule has 1 aliphatic heterocycles. The normalized spacial score (nSPS) is 19.1. The number of aliphatic hydroxyl groups is 1. The van der Waals surface area contributed by atoms with Crippen molar-refractivity contribution in [2.45, 2.75) is 12.0 Å². The van der Waals surface area contributed by atoms with E-state index in [0.717, 1.165) is 6.07 Å². The van der Waals surface area contributed by atoms with E-state index in [-0.39, 0.29) is 4.47 Å². The van der Waals surface area contributed by atoms with Crippen LogP contribution < -0.4 is 5.32 Å². The van der Waals surface area contributed by atoms with Gasteiger partial charge in [0.1, 0.15) is 18.5 Å². The maximum Gasteiger partial charge on any atom is 0.289 e. The highest BCUT2D eigenvalue weighted by atomic mass is 79.9. The molecule has 1 aromatic rings. The average molecular weight is 353 g/mol. The van der Waals surface area contributed by atoms with Gasteiger partial charge in [-0.15, -0.1) is 0 Å². The van der Waals surface area contributed by atoms with Gasteiger partial charge in [-0.25, -0.2) is 13.2 Å². The van der Waals surface area contributed by atoms with Crippen molar-refractivity contribution in [3.8, 4) is 0 Å². The van der Waals surface area contributed by atoms with Crippen LogP contribution in [0.5, 0.6) is 0 Å². The molecule has 0 saturated carbocycles. The molecular formula is C13H16BrF3N2O. The van der Waals surface area contributed by atoms with E-state index in [1.165, 1.54) is 12.1 Å². The topological polar surface area (TPSA) is 35.5 Å². The Labute approximate surface area is 123 Å². The van der Waals surface area contributed by atoms with Gasteiger partial charge in [-0.1, -0.05) is 6.07 Å². The molecule has 0 bridgehead atoms. The van der Waals surface area contributed by atoms with Crippen LogP contribution in [0.3, 0.4) is 0 Å². The van der Waals surface area contributed by atoms with Gasteiger partial charge in [0.15, 0.2) is 0 Å². The smallest absolute Gasteiger partial charge is 0.289 e. The van der Waals surface area contributed by atoms with Gasteiger partial charge < -0.3 is 10.4 Å². The molecular weight excluding hydrogens is 337 g/mol. The SMILES string of the molecule is OCC(F)(F)[C@H](c1ccc(F)c(Br)c1)N1CCNCC1. The molecule has 1 heterocycles. The van der Waals surface area contributed by atoms with E-state index in [1.54, 1.807) is 4.90 Å². The highest BCUT2D eigenvalue weighted by molar-refractivity contribution is 9.10. The monoisotopic (exact) mass is 352 g/mol. The predicted octanol–water partition coefficient (Wildman–Crippen LogP) is 2.16. The summed E-state index contributed by atoms with van der Waals surface area (Å²) in [5.41, 5.74) is 0.291. The number of rotatable bonds is 4.